The molecule has 0 radical (unpaired) electrons. The van der Waals surface area contributed by atoms with Crippen LogP contribution in [0.2, 0.25) is 0 Å². The van der Waals surface area contributed by atoms with Gasteiger partial charge in [-0.2, -0.15) is 4.31 Å². The molecule has 2 aliphatic heterocycles. The standard InChI is InChI=1S/C31H34F2N6O5S/c1-4-44-27(40)15-25(24-9-11-39-29(20(24)3)35-36-31(39)28(32)33)21-8-7-19(2)22(14-21)16-37-17-23-18-43-13-12-38(23)30-26(45(37,41)42)6-5-10-34-30/h5-11,14,23,25,28H,4,12-13,15-18H2,1-3H3/t23-,25?/m0/s1. The number of hydrogen-bond donors (Lipinski definition) is 0. The maximum absolute atomic E-state index is 14.0. The number of carbonyl (C=O) groups is 1. The van der Waals surface area contributed by atoms with Crippen molar-refractivity contribution in [1.82, 2.24) is 23.9 Å². The Balaban J connectivity index is 1.40. The van der Waals surface area contributed by atoms with Crippen LogP contribution in [0.25, 0.3) is 5.65 Å². The van der Waals surface area contributed by atoms with Crippen LogP contribution in [0.5, 0.6) is 0 Å². The number of halogens is 2. The fourth-order valence-corrected chi connectivity index (χ4v) is 7.82. The summed E-state index contributed by atoms with van der Waals surface area (Å²) in [5, 5.41) is 7.67. The van der Waals surface area contributed by atoms with Crippen LogP contribution in [0.15, 0.2) is 53.7 Å². The number of rotatable bonds is 8. The van der Waals surface area contributed by atoms with Crippen molar-refractivity contribution in [2.75, 3.05) is 37.8 Å². The lowest BCUT2D eigenvalue weighted by Crippen LogP contribution is -2.50. The first-order valence-corrected chi connectivity index (χ1v) is 16.2. The van der Waals surface area contributed by atoms with Gasteiger partial charge in [0.05, 0.1) is 32.3 Å². The van der Waals surface area contributed by atoms with Gasteiger partial charge in [0.15, 0.2) is 5.65 Å². The van der Waals surface area contributed by atoms with E-state index < -0.39 is 34.2 Å². The van der Waals surface area contributed by atoms with E-state index in [1.165, 1.54) is 14.9 Å². The fourth-order valence-electron chi connectivity index (χ4n) is 6.21. The first-order chi connectivity index (χ1) is 21.6. The first-order valence-electron chi connectivity index (χ1n) is 14.8. The van der Waals surface area contributed by atoms with E-state index in [9.17, 15) is 22.0 Å². The van der Waals surface area contributed by atoms with Crippen LogP contribution in [0, 0.1) is 13.8 Å². The van der Waals surface area contributed by atoms with Gasteiger partial charge in [-0.3, -0.25) is 9.20 Å². The molecule has 0 aliphatic carbocycles. The summed E-state index contributed by atoms with van der Waals surface area (Å²) in [5.74, 6) is -0.970. The Morgan fingerprint density at radius 1 is 1.18 bits per heavy atom. The van der Waals surface area contributed by atoms with Crippen molar-refractivity contribution in [2.24, 2.45) is 0 Å². The third kappa shape index (κ3) is 5.77. The summed E-state index contributed by atoms with van der Waals surface area (Å²) in [7, 11) is -3.92. The predicted octanol–water partition coefficient (Wildman–Crippen LogP) is 4.17. The lowest BCUT2D eigenvalue weighted by atomic mass is 9.85. The Kier molecular flexibility index (Phi) is 8.55. The molecule has 2 atom stereocenters. The minimum atomic E-state index is -3.92. The number of anilines is 1. The molecule has 1 unspecified atom stereocenters. The molecule has 3 aromatic heterocycles. The smallest absolute Gasteiger partial charge is 0.306 e. The quantitative estimate of drug-likeness (QED) is 0.262. The van der Waals surface area contributed by atoms with E-state index in [0.29, 0.717) is 36.7 Å². The van der Waals surface area contributed by atoms with E-state index in [1.807, 2.05) is 30.0 Å². The monoisotopic (exact) mass is 640 g/mol. The highest BCUT2D eigenvalue weighted by atomic mass is 32.2. The highest BCUT2D eigenvalue weighted by Gasteiger charge is 2.39. The Labute approximate surface area is 259 Å². The molecule has 11 nitrogen and oxygen atoms in total. The Morgan fingerprint density at radius 3 is 2.78 bits per heavy atom. The normalized spacial score (nSPS) is 18.8. The Bertz CT molecular complexity index is 1850. The van der Waals surface area contributed by atoms with Gasteiger partial charge in [-0.05, 0) is 66.8 Å². The number of benzene rings is 1. The molecule has 4 aromatic rings. The van der Waals surface area contributed by atoms with Crippen LogP contribution >= 0.6 is 0 Å². The average molecular weight is 641 g/mol. The molecule has 0 N–H and O–H groups in total. The number of hydrogen-bond acceptors (Lipinski definition) is 9. The van der Waals surface area contributed by atoms with Gasteiger partial charge in [0.2, 0.25) is 15.8 Å². The number of pyridine rings is 2. The fraction of sp³-hybridized carbons (Fsp3) is 0.419. The topological polar surface area (TPSA) is 119 Å². The van der Waals surface area contributed by atoms with E-state index in [4.69, 9.17) is 9.47 Å². The molecule has 1 aromatic carbocycles. The Morgan fingerprint density at radius 2 is 2.00 bits per heavy atom. The second-order valence-corrected chi connectivity index (χ2v) is 13.1. The maximum Gasteiger partial charge on any atom is 0.306 e. The number of fused-ring (bicyclic) bond motifs is 4. The number of sulfonamides is 1. The number of esters is 1. The third-order valence-electron chi connectivity index (χ3n) is 8.55. The van der Waals surface area contributed by atoms with E-state index in [1.54, 1.807) is 38.2 Å². The van der Waals surface area contributed by atoms with Gasteiger partial charge >= 0.3 is 5.97 Å². The number of aromatic nitrogens is 4. The van der Waals surface area contributed by atoms with Crippen molar-refractivity contribution >= 4 is 27.5 Å². The molecule has 14 heteroatoms. The average Bonchev–Trinajstić information content (AvgIpc) is 3.44. The highest BCUT2D eigenvalue weighted by Crippen LogP contribution is 2.36. The summed E-state index contributed by atoms with van der Waals surface area (Å²) in [4.78, 5) is 19.5. The molecule has 6 rings (SSSR count). The number of morpholine rings is 1. The lowest BCUT2D eigenvalue weighted by Gasteiger charge is -2.36. The highest BCUT2D eigenvalue weighted by molar-refractivity contribution is 7.89. The first kappa shape index (κ1) is 31.0. The van der Waals surface area contributed by atoms with Crippen molar-refractivity contribution < 1.29 is 31.5 Å². The van der Waals surface area contributed by atoms with Crippen molar-refractivity contribution in [2.45, 2.75) is 57.0 Å². The van der Waals surface area contributed by atoms with E-state index in [0.717, 1.165) is 16.7 Å². The van der Waals surface area contributed by atoms with Crippen LogP contribution in [-0.4, -0.2) is 77.2 Å². The SMILES string of the molecule is CCOC(=O)CC(c1ccc(C)c(CN2C[C@H]3COCCN3c3ncccc3S2(=O)=O)c1)c1ccn2c(C(F)F)nnc2c1C. The van der Waals surface area contributed by atoms with E-state index in [-0.39, 0.29) is 42.7 Å². The number of aryl methyl sites for hydroxylation is 2. The zero-order valence-electron chi connectivity index (χ0n) is 25.2. The van der Waals surface area contributed by atoms with Crippen molar-refractivity contribution in [1.29, 1.82) is 0 Å². The van der Waals surface area contributed by atoms with Gasteiger partial charge < -0.3 is 14.4 Å². The van der Waals surface area contributed by atoms with Gasteiger partial charge in [0.25, 0.3) is 6.43 Å². The third-order valence-corrected chi connectivity index (χ3v) is 10.4. The summed E-state index contributed by atoms with van der Waals surface area (Å²) >= 11 is 0. The van der Waals surface area contributed by atoms with Crippen LogP contribution in [0.3, 0.4) is 0 Å². The molecular formula is C31H34F2N6O5S. The molecule has 0 spiro atoms. The van der Waals surface area contributed by atoms with E-state index in [2.05, 4.69) is 15.2 Å². The molecule has 0 saturated carbocycles. The molecule has 45 heavy (non-hydrogen) atoms. The van der Waals surface area contributed by atoms with Crippen LogP contribution < -0.4 is 4.90 Å². The molecule has 1 saturated heterocycles. The van der Waals surface area contributed by atoms with Gasteiger partial charge in [-0.1, -0.05) is 18.2 Å². The van der Waals surface area contributed by atoms with Crippen molar-refractivity contribution in [3.8, 4) is 0 Å². The van der Waals surface area contributed by atoms with Crippen LogP contribution in [0.4, 0.5) is 14.6 Å². The molecule has 2 aliphatic rings. The number of alkyl halides is 2. The summed E-state index contributed by atoms with van der Waals surface area (Å²) in [5.41, 5.74) is 3.97. The summed E-state index contributed by atoms with van der Waals surface area (Å²) in [6.07, 6.45) is 0.268. The maximum atomic E-state index is 14.0. The molecule has 5 heterocycles. The molecule has 0 bridgehead atoms. The predicted molar refractivity (Wildman–Crippen MR) is 161 cm³/mol. The van der Waals surface area contributed by atoms with E-state index >= 15 is 0 Å². The van der Waals surface area contributed by atoms with Crippen molar-refractivity contribution in [3.05, 3.63) is 82.4 Å². The molecule has 238 valence electrons. The van der Waals surface area contributed by atoms with Gasteiger partial charge in [-0.15, -0.1) is 10.2 Å². The van der Waals surface area contributed by atoms with Gasteiger partial charge in [0.1, 0.15) is 10.7 Å². The Hall–Kier alpha value is -4.01. The van der Waals surface area contributed by atoms with Crippen LogP contribution in [0.1, 0.15) is 59.3 Å². The summed E-state index contributed by atoms with van der Waals surface area (Å²) in [6, 6.07) is 10.4. The number of ether oxygens (including phenoxy) is 2. The summed E-state index contributed by atoms with van der Waals surface area (Å²) in [6.45, 7) is 7.30. The lowest BCUT2D eigenvalue weighted by molar-refractivity contribution is -0.143. The second kappa shape index (κ2) is 12.4. The van der Waals surface area contributed by atoms with Crippen LogP contribution in [-0.2, 0) is 30.8 Å². The zero-order chi connectivity index (χ0) is 31.9. The van der Waals surface area contributed by atoms with Gasteiger partial charge in [0, 0.05) is 37.9 Å². The minimum Gasteiger partial charge on any atom is -0.466 e. The largest absolute Gasteiger partial charge is 0.466 e. The summed E-state index contributed by atoms with van der Waals surface area (Å²) < 4.78 is 68.9. The number of carbonyl (C=O) groups excluding carboxylic acids is 1. The van der Waals surface area contributed by atoms with Crippen molar-refractivity contribution in [3.63, 3.8) is 0 Å². The van der Waals surface area contributed by atoms with Gasteiger partial charge in [-0.25, -0.2) is 22.2 Å². The second-order valence-electron chi connectivity index (χ2n) is 11.2. The minimum absolute atomic E-state index is 0.0153. The molecular weight excluding hydrogens is 606 g/mol. The molecule has 0 amide bonds. The molecule has 1 fully saturated rings. The number of nitrogens with zero attached hydrogens (tertiary/aromatic N) is 6. The zero-order valence-corrected chi connectivity index (χ0v) is 26.0.